The van der Waals surface area contributed by atoms with Gasteiger partial charge in [0, 0.05) is 5.69 Å². The fraction of sp³-hybridized carbons (Fsp3) is 0.167. The van der Waals surface area contributed by atoms with E-state index in [4.69, 9.17) is 27.9 Å². The van der Waals surface area contributed by atoms with Crippen LogP contribution in [0.15, 0.2) is 71.6 Å². The van der Waals surface area contributed by atoms with Crippen molar-refractivity contribution in [2.75, 3.05) is 22.8 Å². The van der Waals surface area contributed by atoms with E-state index in [0.29, 0.717) is 0 Å². The average Bonchev–Trinajstić information content (AvgIpc) is 2.78. The van der Waals surface area contributed by atoms with Crippen molar-refractivity contribution in [3.63, 3.8) is 0 Å². The van der Waals surface area contributed by atoms with Gasteiger partial charge in [0.15, 0.2) is 0 Å². The number of anilines is 2. The number of nitrogens with zero attached hydrogens (tertiary/aromatic N) is 1. The number of hydrogen-bond acceptors (Lipinski definition) is 5. The number of hydrogen-bond donors (Lipinski definition) is 1. The summed E-state index contributed by atoms with van der Waals surface area (Å²) in [7, 11) is -4.11. The number of esters is 1. The maximum absolute atomic E-state index is 13.4. The molecule has 3 aromatic carbocycles. The molecule has 0 atom stereocenters. The third-order valence-corrected chi connectivity index (χ3v) is 7.17. The zero-order valence-corrected chi connectivity index (χ0v) is 20.7. The fourth-order valence-corrected chi connectivity index (χ4v) is 5.07. The Kier molecular flexibility index (Phi) is 8.19. The molecule has 3 rings (SSSR count). The second-order valence-electron chi connectivity index (χ2n) is 7.24. The number of carbonyl (C=O) groups excluding carboxylic acids is 2. The minimum absolute atomic E-state index is 0.0210. The first-order valence-corrected chi connectivity index (χ1v) is 12.4. The van der Waals surface area contributed by atoms with Crippen molar-refractivity contribution in [2.45, 2.75) is 18.7 Å². The number of sulfonamides is 1. The third-order valence-electron chi connectivity index (χ3n) is 4.77. The number of benzene rings is 3. The molecule has 0 heterocycles. The molecule has 0 saturated carbocycles. The Morgan fingerprint density at radius 3 is 2.26 bits per heavy atom. The predicted octanol–water partition coefficient (Wildman–Crippen LogP) is 5.31. The minimum atomic E-state index is -4.11. The lowest BCUT2D eigenvalue weighted by molar-refractivity contribution is -0.114. The van der Waals surface area contributed by atoms with E-state index in [1.165, 1.54) is 36.4 Å². The van der Waals surface area contributed by atoms with Crippen LogP contribution in [-0.4, -0.2) is 33.4 Å². The molecule has 0 aliphatic rings. The summed E-state index contributed by atoms with van der Waals surface area (Å²) < 4.78 is 32.7. The first-order chi connectivity index (χ1) is 16.1. The van der Waals surface area contributed by atoms with Crippen molar-refractivity contribution >= 4 is 56.5 Å². The second kappa shape index (κ2) is 10.9. The van der Waals surface area contributed by atoms with Crippen LogP contribution in [0, 0.1) is 6.92 Å². The van der Waals surface area contributed by atoms with Crippen LogP contribution in [0.4, 0.5) is 11.4 Å². The molecule has 178 valence electrons. The lowest BCUT2D eigenvalue weighted by Gasteiger charge is -2.25. The molecule has 0 radical (unpaired) electrons. The van der Waals surface area contributed by atoms with Crippen LogP contribution in [0.2, 0.25) is 10.0 Å². The maximum Gasteiger partial charge on any atom is 0.339 e. The van der Waals surface area contributed by atoms with Crippen LogP contribution >= 0.6 is 23.2 Å². The van der Waals surface area contributed by atoms with E-state index in [0.717, 1.165) is 9.87 Å². The van der Waals surface area contributed by atoms with E-state index >= 15 is 0 Å². The van der Waals surface area contributed by atoms with Crippen LogP contribution in [-0.2, 0) is 19.6 Å². The molecule has 0 spiro atoms. The van der Waals surface area contributed by atoms with Crippen molar-refractivity contribution in [1.82, 2.24) is 0 Å². The summed E-state index contributed by atoms with van der Waals surface area (Å²) in [5, 5.41) is 2.87. The molecule has 1 N–H and O–H groups in total. The van der Waals surface area contributed by atoms with Gasteiger partial charge in [-0.3, -0.25) is 9.10 Å². The third kappa shape index (κ3) is 5.88. The first kappa shape index (κ1) is 25.6. The Bertz CT molecular complexity index is 1310. The van der Waals surface area contributed by atoms with Crippen LogP contribution < -0.4 is 9.62 Å². The van der Waals surface area contributed by atoms with Crippen LogP contribution in [0.25, 0.3) is 0 Å². The van der Waals surface area contributed by atoms with E-state index < -0.39 is 28.4 Å². The Morgan fingerprint density at radius 2 is 1.65 bits per heavy atom. The number of halogens is 2. The highest BCUT2D eigenvalue weighted by molar-refractivity contribution is 7.92. The van der Waals surface area contributed by atoms with Gasteiger partial charge in [-0.1, -0.05) is 53.0 Å². The number of aryl methyl sites for hydroxylation is 1. The molecule has 0 aliphatic carbocycles. The fourth-order valence-electron chi connectivity index (χ4n) is 3.09. The number of carbonyl (C=O) groups is 2. The molecule has 0 unspecified atom stereocenters. The van der Waals surface area contributed by atoms with Gasteiger partial charge in [-0.2, -0.15) is 0 Å². The van der Waals surface area contributed by atoms with Gasteiger partial charge in [-0.25, -0.2) is 13.2 Å². The van der Waals surface area contributed by atoms with E-state index in [-0.39, 0.29) is 38.5 Å². The second-order valence-corrected chi connectivity index (χ2v) is 9.92. The molecule has 0 bridgehead atoms. The van der Waals surface area contributed by atoms with Crippen LogP contribution in [0.5, 0.6) is 0 Å². The average molecular weight is 521 g/mol. The summed E-state index contributed by atoms with van der Waals surface area (Å²) in [5.41, 5.74) is 1.50. The van der Waals surface area contributed by atoms with Gasteiger partial charge >= 0.3 is 5.97 Å². The van der Waals surface area contributed by atoms with E-state index in [1.807, 2.05) is 6.92 Å². The van der Waals surface area contributed by atoms with Gasteiger partial charge in [0.2, 0.25) is 5.91 Å². The first-order valence-electron chi connectivity index (χ1n) is 10.2. The van der Waals surface area contributed by atoms with Gasteiger partial charge in [0.1, 0.15) is 6.54 Å². The molecular formula is C24H22Cl2N2O5S. The summed E-state index contributed by atoms with van der Waals surface area (Å²) >= 11 is 12.4. The molecule has 34 heavy (non-hydrogen) atoms. The van der Waals surface area contributed by atoms with Gasteiger partial charge in [0.25, 0.3) is 10.0 Å². The topological polar surface area (TPSA) is 92.8 Å². The lowest BCUT2D eigenvalue weighted by atomic mass is 10.2. The summed E-state index contributed by atoms with van der Waals surface area (Å²) in [5.74, 6) is -1.21. The Morgan fingerprint density at radius 1 is 0.971 bits per heavy atom. The number of nitrogens with one attached hydrogen (secondary N) is 1. The standard InChI is InChI=1S/C24H22Cl2N2O5S/c1-3-33-24(30)19-13-10-17(14-21(19)26)27-23(29)15-28(22-7-5-4-6-20(22)25)34(31,32)18-11-8-16(2)9-12-18/h4-14H,3,15H2,1-2H3,(H,27,29). The zero-order chi connectivity index (χ0) is 24.9. The highest BCUT2D eigenvalue weighted by Gasteiger charge is 2.28. The maximum atomic E-state index is 13.4. The summed E-state index contributed by atoms with van der Waals surface area (Å²) in [6.07, 6.45) is 0. The Hall–Kier alpha value is -3.07. The monoisotopic (exact) mass is 520 g/mol. The molecule has 0 aromatic heterocycles. The molecule has 3 aromatic rings. The van der Waals surface area contributed by atoms with Crippen molar-refractivity contribution in [1.29, 1.82) is 0 Å². The summed E-state index contributed by atoms with van der Waals surface area (Å²) in [6.45, 7) is 3.17. The van der Waals surface area contributed by atoms with Gasteiger partial charge in [-0.15, -0.1) is 0 Å². The highest BCUT2D eigenvalue weighted by Crippen LogP contribution is 2.30. The molecule has 10 heteroatoms. The van der Waals surface area contributed by atoms with E-state index in [1.54, 1.807) is 37.3 Å². The largest absolute Gasteiger partial charge is 0.462 e. The molecule has 7 nitrogen and oxygen atoms in total. The molecule has 0 fully saturated rings. The van der Waals surface area contributed by atoms with Crippen molar-refractivity contribution in [2.24, 2.45) is 0 Å². The number of para-hydroxylation sites is 1. The normalized spacial score (nSPS) is 11.1. The summed E-state index contributed by atoms with van der Waals surface area (Å²) in [6, 6.07) is 16.9. The van der Waals surface area contributed by atoms with Crippen LogP contribution in [0.3, 0.4) is 0 Å². The molecular weight excluding hydrogens is 499 g/mol. The Balaban J connectivity index is 1.89. The SMILES string of the molecule is CCOC(=O)c1ccc(NC(=O)CN(c2ccccc2Cl)S(=O)(=O)c2ccc(C)cc2)cc1Cl. The predicted molar refractivity (Wildman–Crippen MR) is 133 cm³/mol. The molecule has 0 aliphatic heterocycles. The van der Waals surface area contributed by atoms with E-state index in [2.05, 4.69) is 5.32 Å². The Labute approximate surface area is 208 Å². The zero-order valence-electron chi connectivity index (χ0n) is 18.4. The lowest BCUT2D eigenvalue weighted by Crippen LogP contribution is -2.38. The number of rotatable bonds is 8. The molecule has 1 amide bonds. The quantitative estimate of drug-likeness (QED) is 0.406. The minimum Gasteiger partial charge on any atom is -0.462 e. The van der Waals surface area contributed by atoms with Crippen LogP contribution in [0.1, 0.15) is 22.8 Å². The molecule has 0 saturated heterocycles. The highest BCUT2D eigenvalue weighted by atomic mass is 35.5. The summed E-state index contributed by atoms with van der Waals surface area (Å²) in [4.78, 5) is 24.8. The number of amides is 1. The van der Waals surface area contributed by atoms with Gasteiger partial charge in [0.05, 0.1) is 32.8 Å². The van der Waals surface area contributed by atoms with Crippen molar-refractivity contribution in [3.05, 3.63) is 87.9 Å². The van der Waals surface area contributed by atoms with Crippen molar-refractivity contribution in [3.8, 4) is 0 Å². The number of ether oxygens (including phenoxy) is 1. The van der Waals surface area contributed by atoms with Gasteiger partial charge in [-0.05, 0) is 56.3 Å². The smallest absolute Gasteiger partial charge is 0.339 e. The van der Waals surface area contributed by atoms with Gasteiger partial charge < -0.3 is 10.1 Å². The van der Waals surface area contributed by atoms with Crippen molar-refractivity contribution < 1.29 is 22.7 Å². The van der Waals surface area contributed by atoms with E-state index in [9.17, 15) is 18.0 Å².